The maximum atomic E-state index is 14.0. The molecule has 1 atom stereocenters. The molecule has 4 aliphatic heterocycles. The van der Waals surface area contributed by atoms with Gasteiger partial charge in [-0.2, -0.15) is 0 Å². The van der Waals surface area contributed by atoms with Crippen LogP contribution in [0.15, 0.2) is 35.1 Å². The molecule has 2 saturated heterocycles. The molecular weight excluding hydrogens is 622 g/mol. The third kappa shape index (κ3) is 5.78. The SMILES string of the molecule is C#CCCC(=O)O[C@]1(CC)C(=O)OCc2c1cc1n(c2=O)Cc2c-1cc1ccc(OC(=O)N3CCC(N4CCCCC4)CC3)cc1c2CC. The van der Waals surface area contributed by atoms with Gasteiger partial charge in [0.15, 0.2) is 0 Å². The number of hydrogen-bond acceptors (Lipinski definition) is 8. The summed E-state index contributed by atoms with van der Waals surface area (Å²) in [5.41, 5.74) is 2.26. The number of aromatic nitrogens is 1. The maximum absolute atomic E-state index is 14.0. The van der Waals surface area contributed by atoms with Gasteiger partial charge >= 0.3 is 18.0 Å². The third-order valence-corrected chi connectivity index (χ3v) is 10.9. The summed E-state index contributed by atoms with van der Waals surface area (Å²) in [4.78, 5) is 57.7. The number of ether oxygens (including phenoxy) is 3. The number of cyclic esters (lactones) is 1. The molecule has 0 radical (unpaired) electrons. The second kappa shape index (κ2) is 13.4. The van der Waals surface area contributed by atoms with Crippen molar-refractivity contribution in [3.8, 4) is 29.4 Å². The van der Waals surface area contributed by atoms with Gasteiger partial charge in [-0.15, -0.1) is 12.3 Å². The van der Waals surface area contributed by atoms with E-state index in [-0.39, 0.29) is 37.5 Å². The smallest absolute Gasteiger partial charge is 0.415 e. The summed E-state index contributed by atoms with van der Waals surface area (Å²) in [6.45, 7) is 7.66. The van der Waals surface area contributed by atoms with Crippen molar-refractivity contribution in [3.05, 3.63) is 62.9 Å². The Morgan fingerprint density at radius 2 is 1.80 bits per heavy atom. The number of piperidine rings is 2. The van der Waals surface area contributed by atoms with Crippen LogP contribution in [0.25, 0.3) is 22.0 Å². The standard InChI is InChI=1S/C39H43N3O7/c1-4-7-11-35(43)49-39(6-3)33-22-34-30-20-25-12-13-27(48-38(46)41-18-14-26(15-19-41)40-16-9-8-10-17-40)21-29(25)28(5-2)31(30)23-42(34)36(44)32(33)24-47-37(39)45/h1,12-13,20-22,26H,5-11,14-19,23-24H2,2-3H3/t39-/m0/s1. The van der Waals surface area contributed by atoms with E-state index < -0.39 is 17.5 Å². The summed E-state index contributed by atoms with van der Waals surface area (Å²) in [6.07, 6.45) is 11.7. The zero-order valence-electron chi connectivity index (χ0n) is 28.3. The summed E-state index contributed by atoms with van der Waals surface area (Å²) in [7, 11) is 0. The fraction of sp³-hybridized carbons (Fsp3) is 0.487. The van der Waals surface area contributed by atoms with Gasteiger partial charge in [-0.05, 0) is 97.8 Å². The normalized spacial score (nSPS) is 20.6. The van der Waals surface area contributed by atoms with Gasteiger partial charge in [0, 0.05) is 36.7 Å². The molecule has 1 aromatic heterocycles. The molecule has 7 rings (SSSR count). The number of esters is 2. The molecule has 2 fully saturated rings. The molecule has 10 nitrogen and oxygen atoms in total. The van der Waals surface area contributed by atoms with Gasteiger partial charge in [0.1, 0.15) is 12.4 Å². The van der Waals surface area contributed by atoms with Crippen molar-refractivity contribution in [1.82, 2.24) is 14.4 Å². The topological polar surface area (TPSA) is 107 Å². The molecule has 3 aromatic rings. The van der Waals surface area contributed by atoms with E-state index >= 15 is 0 Å². The minimum absolute atomic E-state index is 0.0476. The number of hydrogen-bond donors (Lipinski definition) is 0. The highest BCUT2D eigenvalue weighted by atomic mass is 16.6. The molecule has 1 amide bonds. The molecule has 4 aliphatic rings. The van der Waals surface area contributed by atoms with E-state index in [0.29, 0.717) is 54.7 Å². The first kappa shape index (κ1) is 32.9. The van der Waals surface area contributed by atoms with Crippen molar-refractivity contribution >= 4 is 28.8 Å². The Labute approximate surface area is 286 Å². The summed E-state index contributed by atoms with van der Waals surface area (Å²) >= 11 is 0. The van der Waals surface area contributed by atoms with Crippen LogP contribution in [-0.4, -0.2) is 64.6 Å². The van der Waals surface area contributed by atoms with Crippen molar-refractivity contribution in [1.29, 1.82) is 0 Å². The summed E-state index contributed by atoms with van der Waals surface area (Å²) in [5, 5.41) is 1.91. The predicted molar refractivity (Wildman–Crippen MR) is 184 cm³/mol. The first-order valence-corrected chi connectivity index (χ1v) is 17.7. The van der Waals surface area contributed by atoms with Crippen molar-refractivity contribution < 1.29 is 28.6 Å². The van der Waals surface area contributed by atoms with Crippen LogP contribution in [0.3, 0.4) is 0 Å². The zero-order chi connectivity index (χ0) is 34.3. The highest BCUT2D eigenvalue weighted by Gasteiger charge is 2.50. The van der Waals surface area contributed by atoms with Gasteiger partial charge in [-0.1, -0.05) is 26.3 Å². The van der Waals surface area contributed by atoms with Gasteiger partial charge < -0.3 is 28.6 Å². The second-order valence-electron chi connectivity index (χ2n) is 13.5. The van der Waals surface area contributed by atoms with Gasteiger partial charge in [0.25, 0.3) is 5.56 Å². The van der Waals surface area contributed by atoms with Crippen molar-refractivity contribution in [3.63, 3.8) is 0 Å². The molecule has 0 aliphatic carbocycles. The Morgan fingerprint density at radius 3 is 2.51 bits per heavy atom. The van der Waals surface area contributed by atoms with Gasteiger partial charge in [0.05, 0.1) is 24.2 Å². The fourth-order valence-electron chi connectivity index (χ4n) is 8.24. The van der Waals surface area contributed by atoms with E-state index in [1.807, 2.05) is 35.2 Å². The van der Waals surface area contributed by atoms with Crippen LogP contribution < -0.4 is 10.3 Å². The number of terminal acetylenes is 1. The predicted octanol–water partition coefficient (Wildman–Crippen LogP) is 5.66. The lowest BCUT2D eigenvalue weighted by Crippen LogP contribution is -2.48. The molecule has 49 heavy (non-hydrogen) atoms. The molecule has 2 aromatic carbocycles. The molecular formula is C39H43N3O7. The van der Waals surface area contributed by atoms with E-state index in [2.05, 4.69) is 17.7 Å². The average Bonchev–Trinajstić information content (AvgIpc) is 3.49. The van der Waals surface area contributed by atoms with Crippen LogP contribution in [-0.2, 0) is 44.2 Å². The number of pyridine rings is 1. The first-order valence-electron chi connectivity index (χ1n) is 17.7. The molecule has 5 heterocycles. The van der Waals surface area contributed by atoms with Crippen molar-refractivity contribution in [2.75, 3.05) is 26.2 Å². The zero-order valence-corrected chi connectivity index (χ0v) is 28.3. The molecule has 256 valence electrons. The third-order valence-electron chi connectivity index (χ3n) is 10.9. The first-order chi connectivity index (χ1) is 23.8. The summed E-state index contributed by atoms with van der Waals surface area (Å²) in [6, 6.07) is 10.1. The lowest BCUT2D eigenvalue weighted by molar-refractivity contribution is -0.189. The number of likely N-dealkylation sites (tertiary alicyclic amines) is 2. The van der Waals surface area contributed by atoms with Crippen LogP contribution >= 0.6 is 0 Å². The Kier molecular flexibility index (Phi) is 8.97. The van der Waals surface area contributed by atoms with Gasteiger partial charge in [-0.3, -0.25) is 9.59 Å². The molecule has 10 heteroatoms. The Bertz CT molecular complexity index is 1930. The lowest BCUT2D eigenvalue weighted by atomic mass is 9.85. The van der Waals surface area contributed by atoms with Crippen LogP contribution in [0.5, 0.6) is 5.75 Å². The van der Waals surface area contributed by atoms with Crippen molar-refractivity contribution in [2.24, 2.45) is 0 Å². The van der Waals surface area contributed by atoms with Crippen molar-refractivity contribution in [2.45, 2.75) is 96.4 Å². The highest BCUT2D eigenvalue weighted by molar-refractivity contribution is 5.95. The van der Waals surface area contributed by atoms with E-state index in [0.717, 1.165) is 53.4 Å². The molecule has 0 bridgehead atoms. The Morgan fingerprint density at radius 1 is 1.02 bits per heavy atom. The second-order valence-corrected chi connectivity index (χ2v) is 13.5. The van der Waals surface area contributed by atoms with Crippen LogP contribution in [0.1, 0.15) is 87.5 Å². The summed E-state index contributed by atoms with van der Waals surface area (Å²) in [5.74, 6) is 1.59. The highest BCUT2D eigenvalue weighted by Crippen LogP contribution is 2.43. The Hall–Kier alpha value is -4.62. The fourth-order valence-corrected chi connectivity index (χ4v) is 8.24. The van der Waals surface area contributed by atoms with E-state index in [4.69, 9.17) is 20.6 Å². The maximum Gasteiger partial charge on any atom is 0.415 e. The number of benzene rings is 2. The van der Waals surface area contributed by atoms with E-state index in [1.165, 1.54) is 19.3 Å². The number of aryl methyl sites for hydroxylation is 1. The lowest BCUT2D eigenvalue weighted by Gasteiger charge is -2.39. The largest absolute Gasteiger partial charge is 0.457 e. The average molecular weight is 666 g/mol. The van der Waals surface area contributed by atoms with Gasteiger partial charge in [-0.25, -0.2) is 9.59 Å². The number of nitrogens with zero attached hydrogens (tertiary/aromatic N) is 3. The van der Waals surface area contributed by atoms with Crippen LogP contribution in [0, 0.1) is 12.3 Å². The Balaban J connectivity index is 1.18. The number of rotatable bonds is 7. The minimum Gasteiger partial charge on any atom is -0.457 e. The van der Waals surface area contributed by atoms with Gasteiger partial charge in [0.2, 0.25) is 5.60 Å². The molecule has 0 saturated carbocycles. The number of carbonyl (C=O) groups is 3. The van der Waals surface area contributed by atoms with Crippen LogP contribution in [0.2, 0.25) is 0 Å². The number of amides is 1. The van der Waals surface area contributed by atoms with Crippen LogP contribution in [0.4, 0.5) is 4.79 Å². The molecule has 0 unspecified atom stereocenters. The number of carbonyl (C=O) groups excluding carboxylic acids is 3. The molecule has 0 N–H and O–H groups in total. The molecule has 0 spiro atoms. The minimum atomic E-state index is -1.73. The van der Waals surface area contributed by atoms with E-state index in [1.54, 1.807) is 11.5 Å². The van der Waals surface area contributed by atoms with E-state index in [9.17, 15) is 19.2 Å². The summed E-state index contributed by atoms with van der Waals surface area (Å²) < 4.78 is 18.9. The quantitative estimate of drug-likeness (QED) is 0.184. The monoisotopic (exact) mass is 665 g/mol. The number of fused-ring (bicyclic) bond motifs is 5.